The number of nitrogens with zero attached hydrogens (tertiary/aromatic N) is 1. The Morgan fingerprint density at radius 3 is 2.78 bits per heavy atom. The molecular weight excluding hydrogens is 338 g/mol. The van der Waals surface area contributed by atoms with Crippen LogP contribution >= 0.6 is 0 Å². The Hall–Kier alpha value is -3.27. The number of benzene rings is 3. The second-order valence-electron chi connectivity index (χ2n) is 6.59. The Morgan fingerprint density at radius 2 is 1.85 bits per heavy atom. The average Bonchev–Trinajstić information content (AvgIpc) is 3.18. The van der Waals surface area contributed by atoms with Crippen molar-refractivity contribution in [3.63, 3.8) is 0 Å². The minimum absolute atomic E-state index is 0.0205. The van der Waals surface area contributed by atoms with Crippen molar-refractivity contribution in [1.29, 1.82) is 0 Å². The van der Waals surface area contributed by atoms with E-state index in [0.29, 0.717) is 12.3 Å². The fraction of sp³-hybridized carbons (Fsp3) is 0.174. The monoisotopic (exact) mass is 359 g/mol. The molecule has 0 aromatic heterocycles. The van der Waals surface area contributed by atoms with Gasteiger partial charge in [0.15, 0.2) is 11.5 Å². The normalized spacial score (nSPS) is 12.6. The minimum Gasteiger partial charge on any atom is -0.454 e. The first-order valence-corrected chi connectivity index (χ1v) is 9.00. The fourth-order valence-electron chi connectivity index (χ4n) is 3.22. The molecule has 1 heterocycles. The third-order valence-corrected chi connectivity index (χ3v) is 4.79. The van der Waals surface area contributed by atoms with Gasteiger partial charge in [-0.05, 0) is 46.5 Å². The molecule has 136 valence electrons. The number of fused-ring (bicyclic) bond motifs is 2. The Balaban J connectivity index is 1.39. The van der Waals surface area contributed by atoms with Crippen LogP contribution in [-0.4, -0.2) is 31.2 Å². The SMILES string of the molecule is CN(CCc1cccc2ccccc12)C(=O)/C=C/c1ccc2c(c1)OCO2. The van der Waals surface area contributed by atoms with Crippen LogP contribution in [0.3, 0.4) is 0 Å². The van der Waals surface area contributed by atoms with E-state index in [-0.39, 0.29) is 12.7 Å². The Kier molecular flexibility index (Phi) is 4.79. The summed E-state index contributed by atoms with van der Waals surface area (Å²) >= 11 is 0. The highest BCUT2D eigenvalue weighted by molar-refractivity contribution is 5.92. The predicted octanol–water partition coefficient (Wildman–Crippen LogP) is 4.28. The molecule has 1 amide bonds. The van der Waals surface area contributed by atoms with Gasteiger partial charge in [0.05, 0.1) is 0 Å². The first-order valence-electron chi connectivity index (χ1n) is 9.00. The van der Waals surface area contributed by atoms with Crippen LogP contribution in [0.1, 0.15) is 11.1 Å². The molecule has 0 bridgehead atoms. The summed E-state index contributed by atoms with van der Waals surface area (Å²) in [6.45, 7) is 0.913. The van der Waals surface area contributed by atoms with Crippen LogP contribution < -0.4 is 9.47 Å². The lowest BCUT2D eigenvalue weighted by atomic mass is 10.0. The maximum atomic E-state index is 12.4. The van der Waals surface area contributed by atoms with Crippen molar-refractivity contribution < 1.29 is 14.3 Å². The quantitative estimate of drug-likeness (QED) is 0.638. The molecule has 0 atom stereocenters. The first kappa shape index (κ1) is 17.2. The second-order valence-corrected chi connectivity index (χ2v) is 6.59. The van der Waals surface area contributed by atoms with E-state index in [2.05, 4.69) is 36.4 Å². The highest BCUT2D eigenvalue weighted by Crippen LogP contribution is 2.32. The van der Waals surface area contributed by atoms with E-state index in [1.807, 2.05) is 31.3 Å². The van der Waals surface area contributed by atoms with Crippen LogP contribution in [0.15, 0.2) is 66.7 Å². The van der Waals surface area contributed by atoms with Gasteiger partial charge in [-0.15, -0.1) is 0 Å². The van der Waals surface area contributed by atoms with Crippen molar-refractivity contribution in [2.75, 3.05) is 20.4 Å². The maximum Gasteiger partial charge on any atom is 0.246 e. The minimum atomic E-state index is -0.0205. The largest absolute Gasteiger partial charge is 0.454 e. The van der Waals surface area contributed by atoms with Crippen molar-refractivity contribution >= 4 is 22.8 Å². The zero-order chi connectivity index (χ0) is 18.6. The molecular formula is C23H21NO3. The van der Waals surface area contributed by atoms with Gasteiger partial charge in [-0.2, -0.15) is 0 Å². The Morgan fingerprint density at radius 1 is 1.04 bits per heavy atom. The van der Waals surface area contributed by atoms with Gasteiger partial charge in [0, 0.05) is 19.7 Å². The standard InChI is InChI=1S/C23H21NO3/c1-24(14-13-19-7-4-6-18-5-2-3-8-20(18)19)23(25)12-10-17-9-11-21-22(15-17)27-16-26-21/h2-12,15H,13-14,16H2,1H3/b12-10+. The Bertz CT molecular complexity index is 1000. The molecule has 3 aromatic carbocycles. The molecule has 1 aliphatic rings. The van der Waals surface area contributed by atoms with E-state index in [9.17, 15) is 4.79 Å². The second kappa shape index (κ2) is 7.54. The maximum absolute atomic E-state index is 12.4. The van der Waals surface area contributed by atoms with Gasteiger partial charge in [-0.1, -0.05) is 48.5 Å². The van der Waals surface area contributed by atoms with E-state index in [0.717, 1.165) is 17.7 Å². The zero-order valence-electron chi connectivity index (χ0n) is 15.2. The lowest BCUT2D eigenvalue weighted by molar-refractivity contribution is -0.124. The van der Waals surface area contributed by atoms with Gasteiger partial charge in [0.2, 0.25) is 12.7 Å². The summed E-state index contributed by atoms with van der Waals surface area (Å²) in [7, 11) is 1.83. The van der Waals surface area contributed by atoms with Crippen molar-refractivity contribution in [2.24, 2.45) is 0 Å². The summed E-state index contributed by atoms with van der Waals surface area (Å²) in [4.78, 5) is 14.2. The molecule has 27 heavy (non-hydrogen) atoms. The van der Waals surface area contributed by atoms with Crippen LogP contribution in [0.5, 0.6) is 11.5 Å². The molecule has 0 N–H and O–H groups in total. The van der Waals surface area contributed by atoms with Crippen LogP contribution in [-0.2, 0) is 11.2 Å². The summed E-state index contributed by atoms with van der Waals surface area (Å²) in [6.07, 6.45) is 4.22. The van der Waals surface area contributed by atoms with Crippen molar-refractivity contribution in [3.8, 4) is 11.5 Å². The number of ether oxygens (including phenoxy) is 2. The molecule has 0 aliphatic carbocycles. The van der Waals surface area contributed by atoms with Gasteiger partial charge < -0.3 is 14.4 Å². The predicted molar refractivity (Wildman–Crippen MR) is 107 cm³/mol. The number of carbonyl (C=O) groups excluding carboxylic acids is 1. The van der Waals surface area contributed by atoms with Gasteiger partial charge in [-0.25, -0.2) is 0 Å². The van der Waals surface area contributed by atoms with E-state index in [4.69, 9.17) is 9.47 Å². The van der Waals surface area contributed by atoms with E-state index < -0.39 is 0 Å². The van der Waals surface area contributed by atoms with Crippen molar-refractivity contribution in [3.05, 3.63) is 77.9 Å². The number of rotatable bonds is 5. The van der Waals surface area contributed by atoms with Gasteiger partial charge in [0.1, 0.15) is 0 Å². The smallest absolute Gasteiger partial charge is 0.246 e. The number of amides is 1. The third kappa shape index (κ3) is 3.80. The molecule has 0 spiro atoms. The van der Waals surface area contributed by atoms with Gasteiger partial charge in [0.25, 0.3) is 0 Å². The number of carbonyl (C=O) groups is 1. The van der Waals surface area contributed by atoms with Crippen LogP contribution in [0.4, 0.5) is 0 Å². The summed E-state index contributed by atoms with van der Waals surface area (Å²) in [5.41, 5.74) is 2.17. The summed E-state index contributed by atoms with van der Waals surface area (Å²) in [5, 5.41) is 2.48. The summed E-state index contributed by atoms with van der Waals surface area (Å²) in [5.74, 6) is 1.44. The molecule has 0 saturated carbocycles. The van der Waals surface area contributed by atoms with Crippen molar-refractivity contribution in [2.45, 2.75) is 6.42 Å². The molecule has 0 radical (unpaired) electrons. The molecule has 3 aromatic rings. The van der Waals surface area contributed by atoms with E-state index in [1.54, 1.807) is 17.1 Å². The molecule has 4 rings (SSSR count). The molecule has 0 fully saturated rings. The van der Waals surface area contributed by atoms with Crippen molar-refractivity contribution in [1.82, 2.24) is 4.90 Å². The number of hydrogen-bond donors (Lipinski definition) is 0. The van der Waals surface area contributed by atoms with Crippen LogP contribution in [0.25, 0.3) is 16.8 Å². The molecule has 4 heteroatoms. The van der Waals surface area contributed by atoms with Crippen LogP contribution in [0.2, 0.25) is 0 Å². The summed E-state index contributed by atoms with van der Waals surface area (Å²) in [6, 6.07) is 20.3. The fourth-order valence-corrected chi connectivity index (χ4v) is 3.22. The molecule has 0 saturated heterocycles. The number of hydrogen-bond acceptors (Lipinski definition) is 3. The molecule has 0 unspecified atom stereocenters. The average molecular weight is 359 g/mol. The molecule has 1 aliphatic heterocycles. The Labute approximate surface area is 158 Å². The lowest BCUT2D eigenvalue weighted by Crippen LogP contribution is -2.27. The molecule has 4 nitrogen and oxygen atoms in total. The summed E-state index contributed by atoms with van der Waals surface area (Å²) < 4.78 is 10.7. The highest BCUT2D eigenvalue weighted by Gasteiger charge is 2.12. The zero-order valence-corrected chi connectivity index (χ0v) is 15.2. The van der Waals surface area contributed by atoms with E-state index in [1.165, 1.54) is 16.3 Å². The van der Waals surface area contributed by atoms with E-state index >= 15 is 0 Å². The first-order chi connectivity index (χ1) is 13.2. The lowest BCUT2D eigenvalue weighted by Gasteiger charge is -2.16. The number of likely N-dealkylation sites (N-methyl/N-ethyl adjacent to an activating group) is 1. The topological polar surface area (TPSA) is 38.8 Å². The van der Waals surface area contributed by atoms with Gasteiger partial charge >= 0.3 is 0 Å². The van der Waals surface area contributed by atoms with Crippen LogP contribution in [0, 0.1) is 0 Å². The third-order valence-electron chi connectivity index (χ3n) is 4.79. The highest BCUT2D eigenvalue weighted by atomic mass is 16.7. The van der Waals surface area contributed by atoms with Gasteiger partial charge in [-0.3, -0.25) is 4.79 Å².